The average Bonchev–Trinajstić information content (AvgIpc) is 2.92. The first-order chi connectivity index (χ1) is 21.9. The van der Waals surface area contributed by atoms with Crippen molar-refractivity contribution in [1.29, 1.82) is 0 Å². The van der Waals surface area contributed by atoms with Gasteiger partial charge in [0.2, 0.25) is 5.96 Å². The highest BCUT2D eigenvalue weighted by molar-refractivity contribution is 6.35. The molecule has 0 unspecified atom stereocenters. The van der Waals surface area contributed by atoms with Gasteiger partial charge in [-0.3, -0.25) is 25.2 Å². The number of carbonyl (C=O) groups is 6. The van der Waals surface area contributed by atoms with Gasteiger partial charge in [-0.05, 0) is 73.6 Å². The van der Waals surface area contributed by atoms with Crippen molar-refractivity contribution >= 4 is 42.1 Å². The summed E-state index contributed by atoms with van der Waals surface area (Å²) in [5.74, 6) is -1.64. The van der Waals surface area contributed by atoms with E-state index in [9.17, 15) is 28.8 Å². The highest BCUT2D eigenvalue weighted by atomic mass is 16.6. The molecule has 0 heterocycles. The average molecular weight is 674 g/mol. The first kappa shape index (κ1) is 42.7. The monoisotopic (exact) mass is 673 g/mol. The summed E-state index contributed by atoms with van der Waals surface area (Å²) in [5.41, 5.74) is -1.41. The minimum atomic E-state index is -1.36. The summed E-state index contributed by atoms with van der Waals surface area (Å²) < 4.78 is 10.5. The number of aliphatic imine (C=N–C) groups is 1. The number of amides is 6. The molecule has 0 bridgehead atoms. The molecule has 0 aliphatic rings. The Kier molecular flexibility index (Phi) is 21.0. The standard InChI is InChI=1S/C30H55N7O10/c1-29(2,3)46-27(44)36-24(35-26(42)43)33-18-12-10-8-7-9-11-16-31-22(38)23(39)32-17-13-14-20-37(21-15-19-34-25(40)41)28(45)47-30(4,5)6/h34H,7-21H2,1-6H3,(H,31,38)(H,32,39)(H,40,41)(H,42,43)(H2,33,35,36,44). The highest BCUT2D eigenvalue weighted by Crippen LogP contribution is 2.11. The van der Waals surface area contributed by atoms with Gasteiger partial charge in [0.25, 0.3) is 0 Å². The molecule has 7 N–H and O–H groups in total. The fourth-order valence-electron chi connectivity index (χ4n) is 3.82. The molecule has 17 nitrogen and oxygen atoms in total. The lowest BCUT2D eigenvalue weighted by molar-refractivity contribution is -0.139. The minimum absolute atomic E-state index is 0.198. The summed E-state index contributed by atoms with van der Waals surface area (Å²) in [7, 11) is 0. The van der Waals surface area contributed by atoms with Gasteiger partial charge in [0.1, 0.15) is 11.2 Å². The van der Waals surface area contributed by atoms with E-state index >= 15 is 0 Å². The zero-order chi connectivity index (χ0) is 35.9. The number of nitrogens with one attached hydrogen (secondary N) is 5. The molecule has 0 atom stereocenters. The van der Waals surface area contributed by atoms with Crippen molar-refractivity contribution < 1.29 is 48.5 Å². The Labute approximate surface area is 277 Å². The number of nitrogens with zero attached hydrogens (tertiary/aromatic N) is 2. The van der Waals surface area contributed by atoms with E-state index in [4.69, 9.17) is 19.7 Å². The molecule has 0 fully saturated rings. The van der Waals surface area contributed by atoms with Crippen LogP contribution in [0.5, 0.6) is 0 Å². The van der Waals surface area contributed by atoms with E-state index in [1.54, 1.807) is 41.5 Å². The molecule has 6 amide bonds. The molecule has 0 aliphatic heterocycles. The lowest BCUT2D eigenvalue weighted by Gasteiger charge is -2.27. The Balaban J connectivity index is 4.17. The van der Waals surface area contributed by atoms with Gasteiger partial charge in [-0.2, -0.15) is 0 Å². The number of carbonyl (C=O) groups excluding carboxylic acids is 4. The van der Waals surface area contributed by atoms with E-state index in [2.05, 4.69) is 26.3 Å². The Hall–Kier alpha value is -4.31. The first-order valence-corrected chi connectivity index (χ1v) is 15.9. The highest BCUT2D eigenvalue weighted by Gasteiger charge is 2.22. The van der Waals surface area contributed by atoms with Gasteiger partial charge in [0, 0.05) is 39.3 Å². The van der Waals surface area contributed by atoms with Crippen molar-refractivity contribution in [2.24, 2.45) is 4.99 Å². The number of hydrogen-bond donors (Lipinski definition) is 7. The third-order valence-corrected chi connectivity index (χ3v) is 5.86. The number of guanidine groups is 1. The number of rotatable bonds is 18. The van der Waals surface area contributed by atoms with E-state index in [0.29, 0.717) is 58.3 Å². The molecule has 17 heteroatoms. The smallest absolute Gasteiger partial charge is 0.414 e. The second kappa shape index (κ2) is 23.1. The number of hydrogen-bond acceptors (Lipinski definition) is 9. The fourth-order valence-corrected chi connectivity index (χ4v) is 3.82. The summed E-state index contributed by atoms with van der Waals surface area (Å²) >= 11 is 0. The molecule has 47 heavy (non-hydrogen) atoms. The normalized spacial score (nSPS) is 11.6. The fraction of sp³-hybridized carbons (Fsp3) is 0.767. The van der Waals surface area contributed by atoms with Crippen molar-refractivity contribution in [2.75, 3.05) is 39.3 Å². The van der Waals surface area contributed by atoms with E-state index < -0.39 is 47.4 Å². The molecule has 0 spiro atoms. The van der Waals surface area contributed by atoms with Crippen LogP contribution in [0.25, 0.3) is 0 Å². The Morgan fingerprint density at radius 1 is 0.596 bits per heavy atom. The number of unbranched alkanes of at least 4 members (excludes halogenated alkanes) is 6. The Morgan fingerprint density at radius 2 is 1.09 bits per heavy atom. The molecule has 0 saturated heterocycles. The molecule has 0 aliphatic carbocycles. The third kappa shape index (κ3) is 26.6. The molecule has 0 rings (SSSR count). The molecule has 0 aromatic rings. The van der Waals surface area contributed by atoms with Crippen LogP contribution >= 0.6 is 0 Å². The maximum Gasteiger partial charge on any atom is 0.414 e. The van der Waals surface area contributed by atoms with Crippen LogP contribution in [0.15, 0.2) is 4.99 Å². The second-order valence-electron chi connectivity index (χ2n) is 12.7. The van der Waals surface area contributed by atoms with E-state index in [1.165, 1.54) is 4.90 Å². The molecule has 0 aromatic carbocycles. The van der Waals surface area contributed by atoms with Crippen molar-refractivity contribution in [1.82, 2.24) is 31.5 Å². The van der Waals surface area contributed by atoms with Gasteiger partial charge in [-0.25, -0.2) is 19.2 Å². The Bertz CT molecular complexity index is 1040. The van der Waals surface area contributed by atoms with E-state index in [1.807, 2.05) is 5.32 Å². The van der Waals surface area contributed by atoms with E-state index in [-0.39, 0.29) is 19.0 Å². The maximum atomic E-state index is 12.5. The van der Waals surface area contributed by atoms with Crippen LogP contribution < -0.4 is 26.6 Å². The Morgan fingerprint density at radius 3 is 1.62 bits per heavy atom. The minimum Gasteiger partial charge on any atom is -0.465 e. The number of alkyl carbamates (subject to hydrolysis) is 1. The summed E-state index contributed by atoms with van der Waals surface area (Å²) in [4.78, 5) is 75.7. The molecule has 0 radical (unpaired) electrons. The third-order valence-electron chi connectivity index (χ3n) is 5.86. The summed E-state index contributed by atoms with van der Waals surface area (Å²) in [6.45, 7) is 12.1. The predicted octanol–water partition coefficient (Wildman–Crippen LogP) is 3.38. The van der Waals surface area contributed by atoms with Gasteiger partial charge >= 0.3 is 36.2 Å². The number of carboxylic acid groups (broad SMARTS) is 2. The summed E-state index contributed by atoms with van der Waals surface area (Å²) in [6.07, 6.45) is 2.55. The SMILES string of the molecule is CC(C)(C)OC(=O)NC(=NCCCCCCCCNC(=O)C(=O)NCCCCN(CCCNC(=O)O)C(=O)OC(C)(C)C)NC(=O)O. The van der Waals surface area contributed by atoms with Crippen molar-refractivity contribution in [3.05, 3.63) is 0 Å². The largest absolute Gasteiger partial charge is 0.465 e. The quantitative estimate of drug-likeness (QED) is 0.0484. The molecular formula is C30H55N7O10. The summed E-state index contributed by atoms with van der Waals surface area (Å²) in [5, 5.41) is 29.4. The van der Waals surface area contributed by atoms with Crippen molar-refractivity contribution in [2.45, 2.75) is 111 Å². The second-order valence-corrected chi connectivity index (χ2v) is 12.7. The lowest BCUT2D eigenvalue weighted by atomic mass is 10.1. The van der Waals surface area contributed by atoms with Crippen LogP contribution in [0.2, 0.25) is 0 Å². The van der Waals surface area contributed by atoms with Crippen LogP contribution in [-0.2, 0) is 19.1 Å². The van der Waals surface area contributed by atoms with Gasteiger partial charge in [-0.1, -0.05) is 25.7 Å². The molecular weight excluding hydrogens is 618 g/mol. The predicted molar refractivity (Wildman–Crippen MR) is 174 cm³/mol. The van der Waals surface area contributed by atoms with Gasteiger partial charge in [0.05, 0.1) is 0 Å². The maximum absolute atomic E-state index is 12.5. The van der Waals surface area contributed by atoms with Crippen molar-refractivity contribution in [3.63, 3.8) is 0 Å². The van der Waals surface area contributed by atoms with Gasteiger partial charge < -0.3 is 40.5 Å². The van der Waals surface area contributed by atoms with Crippen molar-refractivity contribution in [3.8, 4) is 0 Å². The molecule has 0 saturated carbocycles. The lowest BCUT2D eigenvalue weighted by Crippen LogP contribution is -2.45. The van der Waals surface area contributed by atoms with Gasteiger partial charge in [-0.15, -0.1) is 0 Å². The molecule has 0 aromatic heterocycles. The molecule has 270 valence electrons. The number of ether oxygens (including phenoxy) is 2. The summed E-state index contributed by atoms with van der Waals surface area (Å²) in [6, 6.07) is 0. The van der Waals surface area contributed by atoms with Gasteiger partial charge in [0.15, 0.2) is 0 Å². The van der Waals surface area contributed by atoms with Crippen LogP contribution in [0.1, 0.15) is 99.3 Å². The first-order valence-electron chi connectivity index (χ1n) is 15.9. The zero-order valence-electron chi connectivity index (χ0n) is 28.7. The van der Waals surface area contributed by atoms with Crippen LogP contribution in [0.4, 0.5) is 19.2 Å². The zero-order valence-corrected chi connectivity index (χ0v) is 28.7. The van der Waals surface area contributed by atoms with Crippen LogP contribution in [0.3, 0.4) is 0 Å². The van der Waals surface area contributed by atoms with Crippen LogP contribution in [-0.4, -0.2) is 108 Å². The topological polar surface area (TPSA) is 237 Å². The van der Waals surface area contributed by atoms with E-state index in [0.717, 1.165) is 25.7 Å². The van der Waals surface area contributed by atoms with Crippen LogP contribution in [0, 0.1) is 0 Å².